The average Bonchev–Trinajstić information content (AvgIpc) is 2.87. The number of nitrogens with one attached hydrogen (secondary N) is 1. The van der Waals surface area contributed by atoms with Gasteiger partial charge in [0, 0.05) is 23.9 Å². The van der Waals surface area contributed by atoms with Gasteiger partial charge in [-0.1, -0.05) is 6.07 Å². The van der Waals surface area contributed by atoms with E-state index in [0.29, 0.717) is 12.0 Å². The maximum absolute atomic E-state index is 13.3. The van der Waals surface area contributed by atoms with E-state index < -0.39 is 11.6 Å². The molecule has 1 N–H and O–H groups in total. The van der Waals surface area contributed by atoms with Crippen molar-refractivity contribution < 1.29 is 8.78 Å². The topological polar surface area (TPSA) is 29.3 Å². The summed E-state index contributed by atoms with van der Waals surface area (Å²) in [5, 5.41) is 7.48. The molecule has 2 heterocycles. The fraction of sp³-hybridized carbons (Fsp3) is 0.188. The Balaban J connectivity index is 1.95. The fourth-order valence-corrected chi connectivity index (χ4v) is 2.55. The molecule has 21 heavy (non-hydrogen) atoms. The second-order valence-electron chi connectivity index (χ2n) is 4.95. The summed E-state index contributed by atoms with van der Waals surface area (Å²) >= 11 is 0. The van der Waals surface area contributed by atoms with Gasteiger partial charge in [-0.3, -0.25) is 0 Å². The van der Waals surface area contributed by atoms with Crippen LogP contribution in [0.15, 0.2) is 48.8 Å². The third-order valence-electron chi connectivity index (χ3n) is 3.54. The fourth-order valence-electron chi connectivity index (χ4n) is 2.55. The molecule has 1 atom stereocenters. The molecule has 0 amide bonds. The van der Waals surface area contributed by atoms with Crippen LogP contribution in [0.1, 0.15) is 17.2 Å². The third kappa shape index (κ3) is 2.78. The van der Waals surface area contributed by atoms with Gasteiger partial charge in [0.05, 0.1) is 11.7 Å². The third-order valence-corrected chi connectivity index (χ3v) is 3.54. The highest BCUT2D eigenvalue weighted by Crippen LogP contribution is 2.23. The first-order valence-electron chi connectivity index (χ1n) is 6.72. The number of rotatable bonds is 4. The minimum atomic E-state index is -0.556. The van der Waals surface area contributed by atoms with Crippen LogP contribution < -0.4 is 5.32 Å². The summed E-state index contributed by atoms with van der Waals surface area (Å²) in [5.74, 6) is -1.11. The highest BCUT2D eigenvalue weighted by Gasteiger charge is 2.16. The first-order valence-corrected chi connectivity index (χ1v) is 6.72. The standard InChI is InChI=1S/C16H15F2N3/c1-19-15(8-11-6-12(17)9-13(18)7-11)14-10-20-21-5-3-2-4-16(14)21/h2-7,9-10,15,19H,8H2,1H3. The molecule has 1 unspecified atom stereocenters. The van der Waals surface area contributed by atoms with Gasteiger partial charge in [-0.2, -0.15) is 5.10 Å². The molecule has 2 aromatic heterocycles. The Morgan fingerprint density at radius 2 is 1.95 bits per heavy atom. The van der Waals surface area contributed by atoms with Crippen molar-refractivity contribution in [2.75, 3.05) is 7.05 Å². The van der Waals surface area contributed by atoms with Crippen molar-refractivity contribution in [3.8, 4) is 0 Å². The molecule has 0 aliphatic heterocycles. The van der Waals surface area contributed by atoms with Gasteiger partial charge in [0.1, 0.15) is 11.6 Å². The first-order chi connectivity index (χ1) is 10.2. The first kappa shape index (κ1) is 13.7. The molecular weight excluding hydrogens is 272 g/mol. The molecule has 0 saturated carbocycles. The zero-order valence-electron chi connectivity index (χ0n) is 11.6. The molecular formula is C16H15F2N3. The summed E-state index contributed by atoms with van der Waals surface area (Å²) in [6.45, 7) is 0. The van der Waals surface area contributed by atoms with Crippen LogP contribution in [-0.2, 0) is 6.42 Å². The van der Waals surface area contributed by atoms with Crippen LogP contribution in [0, 0.1) is 11.6 Å². The summed E-state index contributed by atoms with van der Waals surface area (Å²) in [7, 11) is 1.83. The predicted molar refractivity (Wildman–Crippen MR) is 77.1 cm³/mol. The smallest absolute Gasteiger partial charge is 0.126 e. The number of aromatic nitrogens is 2. The second-order valence-corrected chi connectivity index (χ2v) is 4.95. The van der Waals surface area contributed by atoms with E-state index in [2.05, 4.69) is 10.4 Å². The lowest BCUT2D eigenvalue weighted by Gasteiger charge is -2.15. The average molecular weight is 287 g/mol. The lowest BCUT2D eigenvalue weighted by Crippen LogP contribution is -2.18. The number of likely N-dealkylation sites (N-methyl/N-ethyl adjacent to an activating group) is 1. The molecule has 0 bridgehead atoms. The van der Waals surface area contributed by atoms with E-state index in [-0.39, 0.29) is 6.04 Å². The van der Waals surface area contributed by atoms with Crippen molar-refractivity contribution in [2.24, 2.45) is 0 Å². The van der Waals surface area contributed by atoms with E-state index >= 15 is 0 Å². The quantitative estimate of drug-likeness (QED) is 0.799. The zero-order chi connectivity index (χ0) is 14.8. The minimum absolute atomic E-state index is 0.0638. The normalized spacial score (nSPS) is 12.7. The SMILES string of the molecule is CNC(Cc1cc(F)cc(F)c1)c1cnn2ccccc12. The van der Waals surface area contributed by atoms with Gasteiger partial charge >= 0.3 is 0 Å². The van der Waals surface area contributed by atoms with Crippen LogP contribution >= 0.6 is 0 Å². The van der Waals surface area contributed by atoms with Crippen LogP contribution in [0.5, 0.6) is 0 Å². The van der Waals surface area contributed by atoms with E-state index in [4.69, 9.17) is 0 Å². The maximum Gasteiger partial charge on any atom is 0.126 e. The van der Waals surface area contributed by atoms with E-state index in [9.17, 15) is 8.78 Å². The Morgan fingerprint density at radius 1 is 1.19 bits per heavy atom. The van der Waals surface area contributed by atoms with Crippen LogP contribution in [0.25, 0.3) is 5.52 Å². The van der Waals surface area contributed by atoms with Crippen LogP contribution in [0.3, 0.4) is 0 Å². The van der Waals surface area contributed by atoms with Crippen LogP contribution in [0.2, 0.25) is 0 Å². The number of hydrogen-bond acceptors (Lipinski definition) is 2. The molecule has 0 fully saturated rings. The van der Waals surface area contributed by atoms with Gasteiger partial charge in [0.25, 0.3) is 0 Å². The van der Waals surface area contributed by atoms with Crippen molar-refractivity contribution in [2.45, 2.75) is 12.5 Å². The van der Waals surface area contributed by atoms with E-state index in [1.165, 1.54) is 12.1 Å². The van der Waals surface area contributed by atoms with Gasteiger partial charge in [0.15, 0.2) is 0 Å². The monoisotopic (exact) mass is 287 g/mol. The molecule has 3 rings (SSSR count). The Hall–Kier alpha value is -2.27. The van der Waals surface area contributed by atoms with Crippen molar-refractivity contribution in [3.63, 3.8) is 0 Å². The van der Waals surface area contributed by atoms with Crippen LogP contribution in [0.4, 0.5) is 8.78 Å². The highest BCUT2D eigenvalue weighted by atomic mass is 19.1. The molecule has 0 aliphatic rings. The van der Waals surface area contributed by atoms with Crippen LogP contribution in [-0.4, -0.2) is 16.7 Å². The summed E-state index contributed by atoms with van der Waals surface area (Å²) in [5.41, 5.74) is 2.60. The summed E-state index contributed by atoms with van der Waals surface area (Å²) in [6, 6.07) is 9.35. The van der Waals surface area contributed by atoms with Gasteiger partial charge in [-0.05, 0) is 43.3 Å². The van der Waals surface area contributed by atoms with E-state index in [1.807, 2.05) is 31.4 Å². The lowest BCUT2D eigenvalue weighted by molar-refractivity contribution is 0.563. The van der Waals surface area contributed by atoms with Gasteiger partial charge in [-0.15, -0.1) is 0 Å². The summed E-state index contributed by atoms with van der Waals surface area (Å²) in [6.07, 6.45) is 4.14. The number of benzene rings is 1. The molecule has 0 aliphatic carbocycles. The zero-order valence-corrected chi connectivity index (χ0v) is 11.6. The van der Waals surface area contributed by atoms with Gasteiger partial charge < -0.3 is 5.32 Å². The molecule has 0 radical (unpaired) electrons. The van der Waals surface area contributed by atoms with E-state index in [1.54, 1.807) is 10.7 Å². The number of pyridine rings is 1. The van der Waals surface area contributed by atoms with E-state index in [0.717, 1.165) is 17.1 Å². The molecule has 3 nitrogen and oxygen atoms in total. The Morgan fingerprint density at radius 3 is 2.67 bits per heavy atom. The summed E-state index contributed by atoms with van der Waals surface area (Å²) < 4.78 is 28.4. The maximum atomic E-state index is 13.3. The molecule has 0 saturated heterocycles. The lowest BCUT2D eigenvalue weighted by atomic mass is 10.00. The number of halogens is 2. The van der Waals surface area contributed by atoms with Gasteiger partial charge in [-0.25, -0.2) is 13.3 Å². The Kier molecular flexibility index (Phi) is 3.66. The van der Waals surface area contributed by atoms with Gasteiger partial charge in [0.2, 0.25) is 0 Å². The number of fused-ring (bicyclic) bond motifs is 1. The molecule has 1 aromatic carbocycles. The van der Waals surface area contributed by atoms with Crippen molar-refractivity contribution in [3.05, 3.63) is 71.6 Å². The molecule has 3 aromatic rings. The molecule has 0 spiro atoms. The summed E-state index contributed by atoms with van der Waals surface area (Å²) in [4.78, 5) is 0. The highest BCUT2D eigenvalue weighted by molar-refractivity contribution is 5.55. The predicted octanol–water partition coefficient (Wildman–Crippen LogP) is 3.12. The Bertz CT molecular complexity index is 747. The van der Waals surface area contributed by atoms with Crippen molar-refractivity contribution >= 4 is 5.52 Å². The molecule has 108 valence electrons. The minimum Gasteiger partial charge on any atom is -0.313 e. The number of hydrogen-bond donors (Lipinski definition) is 1. The number of nitrogens with zero attached hydrogens (tertiary/aromatic N) is 2. The van der Waals surface area contributed by atoms with Crippen molar-refractivity contribution in [1.29, 1.82) is 0 Å². The van der Waals surface area contributed by atoms with Crippen molar-refractivity contribution in [1.82, 2.24) is 14.9 Å². The Labute approximate surface area is 121 Å². The largest absolute Gasteiger partial charge is 0.313 e. The molecule has 5 heteroatoms. The second kappa shape index (κ2) is 5.61.